The second kappa shape index (κ2) is 10.3. The fourth-order valence-corrected chi connectivity index (χ4v) is 3.28. The highest BCUT2D eigenvalue weighted by Gasteiger charge is 2.35. The molecule has 0 aliphatic heterocycles. The minimum Gasteiger partial charge on any atom is -0.227 e. The first-order valence-electron chi connectivity index (χ1n) is 9.04. The van der Waals surface area contributed by atoms with Crippen LogP contribution in [0.5, 0.6) is 0 Å². The largest absolute Gasteiger partial charge is 0.227 e. The summed E-state index contributed by atoms with van der Waals surface area (Å²) in [6, 6.07) is 32.6. The molecule has 0 saturated carbocycles. The quantitative estimate of drug-likeness (QED) is 0.587. The van der Waals surface area contributed by atoms with Crippen molar-refractivity contribution in [3.05, 3.63) is 91.0 Å². The Balaban J connectivity index is 0.000000500. The second-order valence-electron chi connectivity index (χ2n) is 6.27. The number of hydrogen-bond acceptors (Lipinski definition) is 4. The smallest absolute Gasteiger partial charge is 0.143 e. The van der Waals surface area contributed by atoms with E-state index in [1.54, 1.807) is 0 Å². The van der Waals surface area contributed by atoms with Gasteiger partial charge in [0.2, 0.25) is 0 Å². The van der Waals surface area contributed by atoms with Gasteiger partial charge in [-0.15, -0.1) is 10.2 Å². The molecular formula is C22H24ClNO4. The van der Waals surface area contributed by atoms with Crippen LogP contribution in [0.2, 0.25) is 0 Å². The van der Waals surface area contributed by atoms with Crippen molar-refractivity contribution in [2.45, 2.75) is 19.8 Å². The lowest BCUT2D eigenvalue weighted by molar-refractivity contribution is -2.00. The molecule has 0 unspecified atom stereocenters. The van der Waals surface area contributed by atoms with Gasteiger partial charge in [-0.05, 0) is 42.8 Å². The van der Waals surface area contributed by atoms with Crippen LogP contribution in [0.4, 0.5) is 17.1 Å². The van der Waals surface area contributed by atoms with Gasteiger partial charge in [-0.3, -0.25) is 0 Å². The molecule has 3 rings (SSSR count). The van der Waals surface area contributed by atoms with Crippen LogP contribution in [0, 0.1) is 10.2 Å². The van der Waals surface area contributed by atoms with Crippen LogP contribution >= 0.6 is 0 Å². The van der Waals surface area contributed by atoms with Gasteiger partial charge in [0.1, 0.15) is 17.1 Å². The summed E-state index contributed by atoms with van der Waals surface area (Å²) in [5, 5.41) is 0. The first kappa shape index (κ1) is 22.0. The summed E-state index contributed by atoms with van der Waals surface area (Å²) in [6.45, 7) is 3.32. The van der Waals surface area contributed by atoms with Crippen molar-refractivity contribution in [3.8, 4) is 0 Å². The first-order chi connectivity index (χ1) is 13.4. The van der Waals surface area contributed by atoms with E-state index in [1.165, 1.54) is 29.9 Å². The highest BCUT2D eigenvalue weighted by Crippen LogP contribution is 2.43. The number of halogens is 1. The molecule has 0 spiro atoms. The number of benzene rings is 3. The van der Waals surface area contributed by atoms with Crippen LogP contribution in [0.15, 0.2) is 91.0 Å². The summed E-state index contributed by atoms with van der Waals surface area (Å²) in [6.07, 6.45) is 2.37. The molecule has 3 aromatic carbocycles. The molecule has 148 valence electrons. The maximum Gasteiger partial charge on any atom is 0.143 e. The molecule has 28 heavy (non-hydrogen) atoms. The summed E-state index contributed by atoms with van der Waals surface area (Å²) < 4.78 is 34.7. The summed E-state index contributed by atoms with van der Waals surface area (Å²) >= 11 is 0. The molecule has 3 aromatic rings. The van der Waals surface area contributed by atoms with Crippen molar-refractivity contribution in [3.63, 3.8) is 0 Å². The minimum atomic E-state index is -4.94. The molecule has 0 aliphatic carbocycles. The number of hydrogen-bond donors (Lipinski definition) is 0. The number of para-hydroxylation sites is 3. The van der Waals surface area contributed by atoms with Gasteiger partial charge in [0.25, 0.3) is 0 Å². The molecule has 6 heteroatoms. The van der Waals surface area contributed by atoms with E-state index in [0.717, 1.165) is 11.0 Å². The average Bonchev–Trinajstić information content (AvgIpc) is 2.70. The highest BCUT2D eigenvalue weighted by atomic mass is 35.7. The third-order valence-corrected chi connectivity index (χ3v) is 4.44. The number of quaternary nitrogens is 1. The summed E-state index contributed by atoms with van der Waals surface area (Å²) in [4.78, 5) is 0. The predicted octanol–water partition coefficient (Wildman–Crippen LogP) is 1.70. The Morgan fingerprint density at radius 3 is 1.14 bits per heavy atom. The maximum absolute atomic E-state index is 8.49. The van der Waals surface area contributed by atoms with Crippen LogP contribution in [0.25, 0.3) is 0 Å². The fraction of sp³-hybridized carbons (Fsp3) is 0.182. The molecular weight excluding hydrogens is 378 g/mol. The second-order valence-corrected chi connectivity index (χ2v) is 7.03. The lowest BCUT2D eigenvalue weighted by Crippen LogP contribution is -2.68. The SMILES string of the molecule is CCCC[N+](c1ccccc1)(c1ccccc1)c1ccccc1.[O-][Cl+3]([O-])([O-])[O-]. The van der Waals surface area contributed by atoms with Crippen molar-refractivity contribution in [1.82, 2.24) is 4.48 Å². The van der Waals surface area contributed by atoms with Crippen LogP contribution in [0.3, 0.4) is 0 Å². The minimum absolute atomic E-state index is 0.774. The molecule has 0 amide bonds. The van der Waals surface area contributed by atoms with Gasteiger partial charge in [0, 0.05) is 0 Å². The number of rotatable bonds is 6. The first-order valence-corrected chi connectivity index (χ1v) is 10.3. The molecule has 0 fully saturated rings. The fourth-order valence-electron chi connectivity index (χ4n) is 3.28. The molecule has 5 nitrogen and oxygen atoms in total. The molecule has 0 N–H and O–H groups in total. The third kappa shape index (κ3) is 6.14. The normalized spacial score (nSPS) is 11.5. The van der Waals surface area contributed by atoms with Crippen molar-refractivity contribution >= 4 is 17.1 Å². The Morgan fingerprint density at radius 1 is 0.607 bits per heavy atom. The molecule has 0 aliphatic rings. The molecule has 0 saturated heterocycles. The monoisotopic (exact) mass is 401 g/mol. The van der Waals surface area contributed by atoms with Crippen molar-refractivity contribution < 1.29 is 28.9 Å². The van der Waals surface area contributed by atoms with E-state index < -0.39 is 10.2 Å². The zero-order chi connectivity index (χ0) is 20.5. The van der Waals surface area contributed by atoms with E-state index in [-0.39, 0.29) is 0 Å². The lowest BCUT2D eigenvalue weighted by atomic mass is 10.1. The van der Waals surface area contributed by atoms with Gasteiger partial charge < -0.3 is 0 Å². The zero-order valence-electron chi connectivity index (χ0n) is 15.7. The Bertz CT molecular complexity index is 706. The Hall–Kier alpha value is -2.25. The van der Waals surface area contributed by atoms with Gasteiger partial charge in [-0.1, -0.05) is 67.9 Å². The summed E-state index contributed by atoms with van der Waals surface area (Å²) in [5.41, 5.74) is 3.95. The molecule has 0 atom stereocenters. The highest BCUT2D eigenvalue weighted by molar-refractivity contribution is 5.70. The van der Waals surface area contributed by atoms with Crippen LogP contribution < -0.4 is 23.1 Å². The summed E-state index contributed by atoms with van der Waals surface area (Å²) in [7, 11) is -4.94. The van der Waals surface area contributed by atoms with Crippen LogP contribution in [-0.4, -0.2) is 6.54 Å². The maximum atomic E-state index is 8.49. The molecule has 0 heterocycles. The Labute approximate surface area is 168 Å². The van der Waals surface area contributed by atoms with Gasteiger partial charge in [0.15, 0.2) is 0 Å². The van der Waals surface area contributed by atoms with Gasteiger partial charge >= 0.3 is 0 Å². The Kier molecular flexibility index (Phi) is 8.14. The van der Waals surface area contributed by atoms with Crippen molar-refractivity contribution in [2.24, 2.45) is 0 Å². The molecule has 0 radical (unpaired) electrons. The van der Waals surface area contributed by atoms with Gasteiger partial charge in [-0.2, -0.15) is 0 Å². The van der Waals surface area contributed by atoms with Crippen molar-refractivity contribution in [1.29, 1.82) is 0 Å². The van der Waals surface area contributed by atoms with Gasteiger partial charge in [-0.25, -0.2) is 23.1 Å². The van der Waals surface area contributed by atoms with E-state index in [9.17, 15) is 0 Å². The number of unbranched alkanes of at least 4 members (excludes halogenated alkanes) is 1. The third-order valence-electron chi connectivity index (χ3n) is 4.44. The van der Waals surface area contributed by atoms with Crippen LogP contribution in [-0.2, 0) is 0 Å². The van der Waals surface area contributed by atoms with E-state index in [2.05, 4.69) is 97.9 Å². The average molecular weight is 402 g/mol. The number of nitrogens with zero attached hydrogens (tertiary/aromatic N) is 1. The van der Waals surface area contributed by atoms with Gasteiger partial charge in [0.05, 0.1) is 6.54 Å². The van der Waals surface area contributed by atoms with E-state index in [4.69, 9.17) is 18.6 Å². The summed E-state index contributed by atoms with van der Waals surface area (Å²) in [5.74, 6) is 0. The van der Waals surface area contributed by atoms with Crippen molar-refractivity contribution in [2.75, 3.05) is 6.54 Å². The van der Waals surface area contributed by atoms with E-state index in [0.29, 0.717) is 0 Å². The van der Waals surface area contributed by atoms with E-state index in [1.807, 2.05) is 0 Å². The standard InChI is InChI=1S/C22H24N.ClHO4/c1-2-3-19-23(20-13-7-4-8-14-20,21-15-9-5-10-16-21)22-17-11-6-12-18-22;2-1(3,4)5/h4-18H,2-3,19H2,1H3;(H,2,3,4,5)/q+1;/p-1. The lowest BCUT2D eigenvalue weighted by Gasteiger charge is -2.37. The Morgan fingerprint density at radius 2 is 0.893 bits per heavy atom. The molecule has 0 bridgehead atoms. The van der Waals surface area contributed by atoms with Crippen LogP contribution in [0.1, 0.15) is 19.8 Å². The van der Waals surface area contributed by atoms with E-state index >= 15 is 0 Å². The molecule has 0 aromatic heterocycles. The predicted molar refractivity (Wildman–Crippen MR) is 100 cm³/mol. The zero-order valence-corrected chi connectivity index (χ0v) is 16.5. The topological polar surface area (TPSA) is 92.2 Å².